The number of hydrogen-bond acceptors (Lipinski definition) is 3. The lowest BCUT2D eigenvalue weighted by molar-refractivity contribution is 0.478. The van der Waals surface area contributed by atoms with Gasteiger partial charge < -0.3 is 9.67 Å². The van der Waals surface area contributed by atoms with E-state index in [1.54, 1.807) is 13.1 Å². The van der Waals surface area contributed by atoms with Gasteiger partial charge in [-0.05, 0) is 37.1 Å². The first-order valence-electron chi connectivity index (χ1n) is 7.41. The molecular weight excluding hydrogens is 288 g/mol. The number of hydrogen-bond donors (Lipinski definition) is 1. The third-order valence-electron chi connectivity index (χ3n) is 4.07. The van der Waals surface area contributed by atoms with Crippen LogP contribution in [0.1, 0.15) is 16.7 Å². The van der Waals surface area contributed by atoms with E-state index in [9.17, 15) is 9.90 Å². The highest BCUT2D eigenvalue weighted by atomic mass is 16.3. The predicted molar refractivity (Wildman–Crippen MR) is 94.0 cm³/mol. The van der Waals surface area contributed by atoms with E-state index in [1.165, 1.54) is 10.8 Å². The molecule has 0 fully saturated rings. The molecule has 0 radical (unpaired) electrons. The van der Waals surface area contributed by atoms with Crippen molar-refractivity contribution in [3.8, 4) is 5.75 Å². The summed E-state index contributed by atoms with van der Waals surface area (Å²) in [5, 5.41) is 11.1. The van der Waals surface area contributed by atoms with Crippen molar-refractivity contribution in [1.82, 2.24) is 4.57 Å². The summed E-state index contributed by atoms with van der Waals surface area (Å²) in [5.41, 5.74) is 3.50. The largest absolute Gasteiger partial charge is 0.506 e. The van der Waals surface area contributed by atoms with Crippen molar-refractivity contribution in [2.45, 2.75) is 13.8 Å². The lowest BCUT2D eigenvalue weighted by Gasteiger charge is -2.09. The van der Waals surface area contributed by atoms with Crippen LogP contribution in [0.25, 0.3) is 10.9 Å². The number of aromatic nitrogens is 1. The Morgan fingerprint density at radius 2 is 1.70 bits per heavy atom. The minimum absolute atomic E-state index is 0.0290. The molecule has 0 saturated carbocycles. The van der Waals surface area contributed by atoms with Gasteiger partial charge in [-0.3, -0.25) is 9.79 Å². The molecule has 0 unspecified atom stereocenters. The molecule has 0 amide bonds. The number of nitrogens with zero attached hydrogens (tertiary/aromatic N) is 2. The molecule has 4 heteroatoms. The number of benzene rings is 2. The summed E-state index contributed by atoms with van der Waals surface area (Å²) in [6.45, 7) is 3.94. The van der Waals surface area contributed by atoms with Crippen LogP contribution in [0.2, 0.25) is 0 Å². The van der Waals surface area contributed by atoms with Gasteiger partial charge >= 0.3 is 0 Å². The van der Waals surface area contributed by atoms with Gasteiger partial charge in [-0.1, -0.05) is 30.3 Å². The maximum atomic E-state index is 12.5. The van der Waals surface area contributed by atoms with Gasteiger partial charge in [-0.15, -0.1) is 0 Å². The van der Waals surface area contributed by atoms with Crippen molar-refractivity contribution in [3.63, 3.8) is 0 Å². The summed E-state index contributed by atoms with van der Waals surface area (Å²) in [6, 6.07) is 13.2. The molecule has 0 atom stereocenters. The molecule has 4 nitrogen and oxygen atoms in total. The highest BCUT2D eigenvalue weighted by Gasteiger charge is 2.12. The lowest BCUT2D eigenvalue weighted by atomic mass is 10.1. The molecule has 23 heavy (non-hydrogen) atoms. The van der Waals surface area contributed by atoms with Crippen LogP contribution in [-0.2, 0) is 7.05 Å². The Hall–Kier alpha value is -2.88. The Morgan fingerprint density at radius 3 is 2.39 bits per heavy atom. The van der Waals surface area contributed by atoms with Crippen molar-refractivity contribution < 1.29 is 5.11 Å². The van der Waals surface area contributed by atoms with Crippen molar-refractivity contribution in [3.05, 3.63) is 69.5 Å². The Morgan fingerprint density at radius 1 is 1.04 bits per heavy atom. The third-order valence-corrected chi connectivity index (χ3v) is 4.07. The summed E-state index contributed by atoms with van der Waals surface area (Å²) >= 11 is 0. The Labute approximate surface area is 134 Å². The average molecular weight is 306 g/mol. The normalized spacial score (nSPS) is 11.4. The van der Waals surface area contributed by atoms with Gasteiger partial charge in [0.25, 0.3) is 5.56 Å². The molecule has 1 aromatic heterocycles. The number of pyridine rings is 1. The zero-order chi connectivity index (χ0) is 16.6. The highest BCUT2D eigenvalue weighted by Crippen LogP contribution is 2.26. The number of aliphatic imine (C=N–C) groups is 1. The molecule has 0 spiro atoms. The SMILES string of the molecule is Cc1cccc(C)c1N=Cc1c(O)c2ccccc2n(C)c1=O. The monoisotopic (exact) mass is 306 g/mol. The van der Waals surface area contributed by atoms with Crippen LogP contribution < -0.4 is 5.56 Å². The molecule has 2 aromatic carbocycles. The van der Waals surface area contributed by atoms with Crippen LogP contribution in [-0.4, -0.2) is 15.9 Å². The molecule has 3 aromatic rings. The van der Waals surface area contributed by atoms with E-state index in [1.807, 2.05) is 50.2 Å². The second-order valence-electron chi connectivity index (χ2n) is 5.64. The molecule has 1 N–H and O–H groups in total. The van der Waals surface area contributed by atoms with Gasteiger partial charge in [-0.25, -0.2) is 0 Å². The Balaban J connectivity index is 2.22. The molecule has 1 heterocycles. The number of aryl methyl sites for hydroxylation is 3. The van der Waals surface area contributed by atoms with Gasteiger partial charge in [-0.2, -0.15) is 0 Å². The van der Waals surface area contributed by atoms with Crippen molar-refractivity contribution in [1.29, 1.82) is 0 Å². The zero-order valence-electron chi connectivity index (χ0n) is 13.4. The summed E-state index contributed by atoms with van der Waals surface area (Å²) in [5.74, 6) is -0.0290. The maximum Gasteiger partial charge on any atom is 0.263 e. The molecular formula is C19H18N2O2. The van der Waals surface area contributed by atoms with Crippen LogP contribution in [0.4, 0.5) is 5.69 Å². The van der Waals surface area contributed by atoms with Crippen LogP contribution in [0.3, 0.4) is 0 Å². The van der Waals surface area contributed by atoms with Gasteiger partial charge in [0, 0.05) is 18.6 Å². The third kappa shape index (κ3) is 2.52. The summed E-state index contributed by atoms with van der Waals surface area (Å²) in [4.78, 5) is 17.0. The first-order chi connectivity index (χ1) is 11.0. The van der Waals surface area contributed by atoms with Crippen LogP contribution in [0.5, 0.6) is 5.75 Å². The Bertz CT molecular complexity index is 964. The van der Waals surface area contributed by atoms with Crippen molar-refractivity contribution in [2.24, 2.45) is 12.0 Å². The van der Waals surface area contributed by atoms with Crippen LogP contribution in [0.15, 0.2) is 52.3 Å². The molecule has 0 saturated heterocycles. The lowest BCUT2D eigenvalue weighted by Crippen LogP contribution is -2.21. The summed E-state index contributed by atoms with van der Waals surface area (Å²) < 4.78 is 1.53. The van der Waals surface area contributed by atoms with E-state index in [-0.39, 0.29) is 16.9 Å². The first-order valence-corrected chi connectivity index (χ1v) is 7.41. The van der Waals surface area contributed by atoms with Crippen LogP contribution in [0, 0.1) is 13.8 Å². The molecule has 3 rings (SSSR count). The van der Waals surface area contributed by atoms with E-state index in [0.717, 1.165) is 16.8 Å². The quantitative estimate of drug-likeness (QED) is 0.735. The van der Waals surface area contributed by atoms with Gasteiger partial charge in [0.2, 0.25) is 0 Å². The van der Waals surface area contributed by atoms with E-state index in [4.69, 9.17) is 0 Å². The number of aromatic hydroxyl groups is 1. The standard InChI is InChI=1S/C19H18N2O2/c1-12-7-6-8-13(2)17(12)20-11-15-18(22)14-9-4-5-10-16(14)21(3)19(15)23/h4-11,22H,1-3H3. The topological polar surface area (TPSA) is 54.6 Å². The first kappa shape index (κ1) is 15.0. The van der Waals surface area contributed by atoms with Crippen molar-refractivity contribution >= 4 is 22.8 Å². The highest BCUT2D eigenvalue weighted by molar-refractivity contribution is 5.95. The van der Waals surface area contributed by atoms with E-state index >= 15 is 0 Å². The number of rotatable bonds is 2. The zero-order valence-corrected chi connectivity index (χ0v) is 13.4. The fourth-order valence-electron chi connectivity index (χ4n) is 2.76. The van der Waals surface area contributed by atoms with Crippen LogP contribution >= 0.6 is 0 Å². The number of para-hydroxylation sites is 2. The molecule has 0 aliphatic rings. The minimum atomic E-state index is -0.267. The second-order valence-corrected chi connectivity index (χ2v) is 5.64. The Kier molecular flexibility index (Phi) is 3.74. The average Bonchev–Trinajstić information content (AvgIpc) is 2.55. The van der Waals surface area contributed by atoms with Gasteiger partial charge in [0.1, 0.15) is 11.3 Å². The van der Waals surface area contributed by atoms with Gasteiger partial charge in [0.05, 0.1) is 11.2 Å². The second kappa shape index (κ2) is 5.72. The fourth-order valence-corrected chi connectivity index (χ4v) is 2.76. The summed E-state index contributed by atoms with van der Waals surface area (Å²) in [6.07, 6.45) is 1.46. The minimum Gasteiger partial charge on any atom is -0.506 e. The van der Waals surface area contributed by atoms with E-state index in [0.29, 0.717) is 10.9 Å². The fraction of sp³-hybridized carbons (Fsp3) is 0.158. The van der Waals surface area contributed by atoms with Gasteiger partial charge in [0.15, 0.2) is 0 Å². The predicted octanol–water partition coefficient (Wildman–Crippen LogP) is 3.61. The molecule has 0 aliphatic heterocycles. The van der Waals surface area contributed by atoms with Crippen molar-refractivity contribution in [2.75, 3.05) is 0 Å². The van der Waals surface area contributed by atoms with E-state index < -0.39 is 0 Å². The smallest absolute Gasteiger partial charge is 0.263 e. The molecule has 116 valence electrons. The number of fused-ring (bicyclic) bond motifs is 1. The molecule has 0 aliphatic carbocycles. The summed E-state index contributed by atoms with van der Waals surface area (Å²) in [7, 11) is 1.69. The molecule has 0 bridgehead atoms. The maximum absolute atomic E-state index is 12.5. The van der Waals surface area contributed by atoms with E-state index in [2.05, 4.69) is 4.99 Å².